The van der Waals surface area contributed by atoms with Crippen molar-refractivity contribution in [2.24, 2.45) is 0 Å². The van der Waals surface area contributed by atoms with Crippen LogP contribution in [-0.4, -0.2) is 44.0 Å². The molecule has 0 saturated heterocycles. The summed E-state index contributed by atoms with van der Waals surface area (Å²) < 4.78 is 12.2. The first-order valence-corrected chi connectivity index (χ1v) is 10.9. The van der Waals surface area contributed by atoms with Gasteiger partial charge in [0.15, 0.2) is 16.0 Å². The quantitative estimate of drug-likeness (QED) is 0.402. The van der Waals surface area contributed by atoms with E-state index in [1.807, 2.05) is 24.5 Å². The number of amides is 1. The molecule has 0 aliphatic carbocycles. The highest BCUT2D eigenvalue weighted by molar-refractivity contribution is 7.99. The Morgan fingerprint density at radius 2 is 2.21 bits per heavy atom. The third-order valence-corrected chi connectivity index (χ3v) is 5.43. The van der Waals surface area contributed by atoms with Crippen LogP contribution in [0.25, 0.3) is 11.6 Å². The molecule has 0 radical (unpaired) electrons. The van der Waals surface area contributed by atoms with Crippen LogP contribution >= 0.6 is 23.1 Å². The second kappa shape index (κ2) is 9.70. The molecule has 1 amide bonds. The minimum Gasteiger partial charge on any atom is -0.466 e. The van der Waals surface area contributed by atoms with Crippen LogP contribution in [0.15, 0.2) is 33.3 Å². The van der Waals surface area contributed by atoms with Crippen LogP contribution < -0.4 is 5.32 Å². The van der Waals surface area contributed by atoms with Crippen LogP contribution in [0.2, 0.25) is 0 Å². The van der Waals surface area contributed by atoms with Crippen molar-refractivity contribution in [3.63, 3.8) is 0 Å². The molecule has 3 aromatic rings. The lowest BCUT2D eigenvalue weighted by Crippen LogP contribution is -2.15. The topological polar surface area (TPSA) is 112 Å². The standard InChI is InChI=1S/C18H21N5O4S2/c1-4-26-15(25)8-12-9-28-17(19-12)20-14(24)10-29-18-22-21-16(23(18)11(2)3)13-6-5-7-27-13/h5-7,9,11H,4,8,10H2,1-3H3,(H,19,20,24). The van der Waals surface area contributed by atoms with Gasteiger partial charge in [0.2, 0.25) is 11.7 Å². The summed E-state index contributed by atoms with van der Waals surface area (Å²) in [7, 11) is 0. The number of aromatic nitrogens is 4. The van der Waals surface area contributed by atoms with Gasteiger partial charge in [0.1, 0.15) is 0 Å². The van der Waals surface area contributed by atoms with Crippen molar-refractivity contribution < 1.29 is 18.7 Å². The van der Waals surface area contributed by atoms with Gasteiger partial charge in [0.25, 0.3) is 0 Å². The van der Waals surface area contributed by atoms with Crippen molar-refractivity contribution >= 4 is 40.1 Å². The van der Waals surface area contributed by atoms with E-state index in [9.17, 15) is 9.59 Å². The Hall–Kier alpha value is -2.66. The van der Waals surface area contributed by atoms with Crippen molar-refractivity contribution in [2.45, 2.75) is 38.4 Å². The fraction of sp³-hybridized carbons (Fsp3) is 0.389. The van der Waals surface area contributed by atoms with Crippen LogP contribution in [0, 0.1) is 0 Å². The van der Waals surface area contributed by atoms with Gasteiger partial charge in [-0.05, 0) is 32.9 Å². The number of hydrogen-bond donors (Lipinski definition) is 1. The van der Waals surface area contributed by atoms with Gasteiger partial charge in [-0.15, -0.1) is 21.5 Å². The van der Waals surface area contributed by atoms with Gasteiger partial charge in [-0.3, -0.25) is 14.2 Å². The molecule has 3 aromatic heterocycles. The van der Waals surface area contributed by atoms with Crippen LogP contribution in [0.1, 0.15) is 32.5 Å². The monoisotopic (exact) mass is 435 g/mol. The Bertz CT molecular complexity index is 965. The Balaban J connectivity index is 1.59. The summed E-state index contributed by atoms with van der Waals surface area (Å²) in [6, 6.07) is 3.71. The van der Waals surface area contributed by atoms with Gasteiger partial charge >= 0.3 is 5.97 Å². The van der Waals surface area contributed by atoms with E-state index in [2.05, 4.69) is 20.5 Å². The Kier molecular flexibility index (Phi) is 7.04. The van der Waals surface area contributed by atoms with E-state index in [-0.39, 0.29) is 30.1 Å². The largest absolute Gasteiger partial charge is 0.466 e. The highest BCUT2D eigenvalue weighted by Gasteiger charge is 2.19. The molecule has 0 aliphatic heterocycles. The predicted octanol–water partition coefficient (Wildman–Crippen LogP) is 3.41. The fourth-order valence-electron chi connectivity index (χ4n) is 2.51. The smallest absolute Gasteiger partial charge is 0.311 e. The summed E-state index contributed by atoms with van der Waals surface area (Å²) in [5, 5.41) is 13.9. The zero-order valence-electron chi connectivity index (χ0n) is 16.2. The number of hydrogen-bond acceptors (Lipinski definition) is 9. The van der Waals surface area contributed by atoms with E-state index in [1.165, 1.54) is 23.1 Å². The molecule has 0 fully saturated rings. The number of thioether (sulfide) groups is 1. The number of nitrogens with zero attached hydrogens (tertiary/aromatic N) is 4. The van der Waals surface area contributed by atoms with E-state index in [1.54, 1.807) is 24.6 Å². The summed E-state index contributed by atoms with van der Waals surface area (Å²) in [5.74, 6) is 0.836. The molecule has 0 unspecified atom stereocenters. The molecule has 0 aliphatic rings. The Morgan fingerprint density at radius 1 is 1.38 bits per heavy atom. The van der Waals surface area contributed by atoms with E-state index < -0.39 is 0 Å². The highest BCUT2D eigenvalue weighted by Crippen LogP contribution is 2.28. The number of nitrogens with one attached hydrogen (secondary N) is 1. The van der Waals surface area contributed by atoms with Gasteiger partial charge in [-0.2, -0.15) is 0 Å². The van der Waals surface area contributed by atoms with Crippen molar-refractivity contribution in [3.8, 4) is 11.6 Å². The first kappa shape index (κ1) is 21.1. The lowest BCUT2D eigenvalue weighted by Gasteiger charge is -2.12. The third-order valence-electron chi connectivity index (χ3n) is 3.68. The van der Waals surface area contributed by atoms with Crippen molar-refractivity contribution in [3.05, 3.63) is 29.5 Å². The lowest BCUT2D eigenvalue weighted by molar-refractivity contribution is -0.142. The Morgan fingerprint density at radius 3 is 2.90 bits per heavy atom. The molecular formula is C18H21N5O4S2. The molecule has 9 nitrogen and oxygen atoms in total. The zero-order valence-corrected chi connectivity index (χ0v) is 17.9. The fourth-order valence-corrected chi connectivity index (χ4v) is 4.10. The molecule has 3 heterocycles. The molecule has 0 aromatic carbocycles. The van der Waals surface area contributed by atoms with Crippen molar-refractivity contribution in [1.82, 2.24) is 19.7 Å². The highest BCUT2D eigenvalue weighted by atomic mass is 32.2. The molecule has 0 spiro atoms. The number of anilines is 1. The lowest BCUT2D eigenvalue weighted by atomic mass is 10.3. The second-order valence-corrected chi connectivity index (χ2v) is 8.01. The summed E-state index contributed by atoms with van der Waals surface area (Å²) in [4.78, 5) is 28.1. The number of rotatable bonds is 9. The van der Waals surface area contributed by atoms with Crippen molar-refractivity contribution in [1.29, 1.82) is 0 Å². The van der Waals surface area contributed by atoms with E-state index in [4.69, 9.17) is 9.15 Å². The third kappa shape index (κ3) is 5.45. The van der Waals surface area contributed by atoms with E-state index in [0.717, 1.165) is 0 Å². The molecular weight excluding hydrogens is 414 g/mol. The van der Waals surface area contributed by atoms with E-state index in [0.29, 0.717) is 34.2 Å². The number of esters is 1. The maximum atomic E-state index is 12.3. The molecule has 1 N–H and O–H groups in total. The number of thiazole rings is 1. The first-order chi connectivity index (χ1) is 14.0. The second-order valence-electron chi connectivity index (χ2n) is 6.21. The number of carbonyl (C=O) groups excluding carboxylic acids is 2. The molecule has 11 heteroatoms. The van der Waals surface area contributed by atoms with Gasteiger partial charge in [0.05, 0.1) is 30.7 Å². The maximum absolute atomic E-state index is 12.3. The molecule has 29 heavy (non-hydrogen) atoms. The van der Waals surface area contributed by atoms with Gasteiger partial charge < -0.3 is 14.5 Å². The minimum atomic E-state index is -0.341. The SMILES string of the molecule is CCOC(=O)Cc1csc(NC(=O)CSc2nnc(-c3ccco3)n2C(C)C)n1. The van der Waals surface area contributed by atoms with Gasteiger partial charge in [-0.25, -0.2) is 4.98 Å². The van der Waals surface area contributed by atoms with Crippen molar-refractivity contribution in [2.75, 3.05) is 17.7 Å². The summed E-state index contributed by atoms with van der Waals surface area (Å²) in [6.45, 7) is 6.10. The van der Waals surface area contributed by atoms with Crippen LogP contribution in [0.4, 0.5) is 5.13 Å². The normalized spacial score (nSPS) is 11.0. The zero-order chi connectivity index (χ0) is 20.8. The van der Waals surface area contributed by atoms with Crippen LogP contribution in [-0.2, 0) is 20.7 Å². The molecule has 3 rings (SSSR count). The minimum absolute atomic E-state index is 0.0853. The number of furan rings is 1. The molecule has 154 valence electrons. The average Bonchev–Trinajstić information content (AvgIpc) is 3.40. The number of ether oxygens (including phenoxy) is 1. The molecule has 0 atom stereocenters. The Labute approximate surface area is 175 Å². The predicted molar refractivity (Wildman–Crippen MR) is 110 cm³/mol. The van der Waals surface area contributed by atoms with Crippen LogP contribution in [0.5, 0.6) is 0 Å². The summed E-state index contributed by atoms with van der Waals surface area (Å²) in [5.41, 5.74) is 0.569. The molecule has 0 bridgehead atoms. The van der Waals surface area contributed by atoms with Gasteiger partial charge in [0, 0.05) is 11.4 Å². The van der Waals surface area contributed by atoms with Crippen LogP contribution in [0.3, 0.4) is 0 Å². The van der Waals surface area contributed by atoms with E-state index >= 15 is 0 Å². The summed E-state index contributed by atoms with van der Waals surface area (Å²) in [6.07, 6.45) is 1.67. The number of carbonyl (C=O) groups is 2. The maximum Gasteiger partial charge on any atom is 0.311 e. The first-order valence-electron chi connectivity index (χ1n) is 8.99. The average molecular weight is 436 g/mol. The van der Waals surface area contributed by atoms with Gasteiger partial charge in [-0.1, -0.05) is 11.8 Å². The summed E-state index contributed by atoms with van der Waals surface area (Å²) >= 11 is 2.55. The molecule has 0 saturated carbocycles.